The Hall–Kier alpha value is -1.70. The van der Waals surface area contributed by atoms with E-state index in [1.807, 2.05) is 11.0 Å². The lowest BCUT2D eigenvalue weighted by Gasteiger charge is -2.37. The van der Waals surface area contributed by atoms with Crippen molar-refractivity contribution in [2.45, 2.75) is 69.7 Å². The smallest absolute Gasteiger partial charge is 0.253 e. The van der Waals surface area contributed by atoms with Gasteiger partial charge in [-0.25, -0.2) is 4.21 Å². The average Bonchev–Trinajstić information content (AvgIpc) is 3.66. The highest BCUT2D eigenvalue weighted by Gasteiger charge is 2.36. The van der Waals surface area contributed by atoms with E-state index in [2.05, 4.69) is 27.9 Å². The van der Waals surface area contributed by atoms with E-state index < -0.39 is 11.0 Å². The number of likely N-dealkylation sites (tertiary alicyclic amines) is 1. The quantitative estimate of drug-likeness (QED) is 0.685. The molecule has 1 unspecified atom stereocenters. The summed E-state index contributed by atoms with van der Waals surface area (Å²) in [6.45, 7) is 7.54. The minimum Gasteiger partial charge on any atom is -0.381 e. The number of hydrogen-bond donors (Lipinski definition) is 0. The van der Waals surface area contributed by atoms with Gasteiger partial charge in [-0.3, -0.25) is 13.7 Å². The molecular weight excluding hydrogens is 434 g/mol. The molecule has 4 aliphatic rings. The molecule has 1 amide bonds. The molecule has 1 aromatic carbocycles. The number of rotatable bonds is 4. The minimum absolute atomic E-state index is 0.144. The van der Waals surface area contributed by atoms with Gasteiger partial charge in [0.2, 0.25) is 0 Å². The SMILES string of the molecule is CC1CCN(C(=O)c2ccc3c(c2)c2c(n3S(=O)C3CC3)CCN(C3CCOCC3)C2)CC1. The van der Waals surface area contributed by atoms with Crippen LogP contribution in [0.1, 0.15) is 67.1 Å². The van der Waals surface area contributed by atoms with Crippen LogP contribution in [0, 0.1) is 5.92 Å². The molecule has 2 saturated heterocycles. The van der Waals surface area contributed by atoms with Crippen molar-refractivity contribution in [3.63, 3.8) is 0 Å². The number of piperidine rings is 1. The van der Waals surface area contributed by atoms with Crippen LogP contribution in [-0.2, 0) is 28.7 Å². The molecule has 33 heavy (non-hydrogen) atoms. The van der Waals surface area contributed by atoms with Gasteiger partial charge in [-0.2, -0.15) is 0 Å². The zero-order valence-electron chi connectivity index (χ0n) is 19.6. The van der Waals surface area contributed by atoms with Crippen LogP contribution < -0.4 is 0 Å². The summed E-state index contributed by atoms with van der Waals surface area (Å²) in [5, 5.41) is 1.42. The lowest BCUT2D eigenvalue weighted by Crippen LogP contribution is -2.42. The first-order valence-corrected chi connectivity index (χ1v) is 14.0. The van der Waals surface area contributed by atoms with Gasteiger partial charge < -0.3 is 9.64 Å². The van der Waals surface area contributed by atoms with Crippen molar-refractivity contribution in [1.82, 2.24) is 13.8 Å². The second-order valence-corrected chi connectivity index (χ2v) is 12.0. The number of ether oxygens (including phenoxy) is 1. The fourth-order valence-corrected chi connectivity index (χ4v) is 7.46. The largest absolute Gasteiger partial charge is 0.381 e. The summed E-state index contributed by atoms with van der Waals surface area (Å²) in [6, 6.07) is 6.68. The third-order valence-corrected chi connectivity index (χ3v) is 9.96. The van der Waals surface area contributed by atoms with E-state index in [0.29, 0.717) is 12.0 Å². The third-order valence-electron chi connectivity index (χ3n) is 8.15. The zero-order chi connectivity index (χ0) is 22.5. The van der Waals surface area contributed by atoms with Crippen LogP contribution >= 0.6 is 0 Å². The number of hydrogen-bond acceptors (Lipinski definition) is 4. The number of carbonyl (C=O) groups is 1. The van der Waals surface area contributed by atoms with Crippen LogP contribution in [-0.4, -0.2) is 68.0 Å². The predicted octanol–water partition coefficient (Wildman–Crippen LogP) is 3.72. The number of nitrogens with zero attached hydrogens (tertiary/aromatic N) is 3. The van der Waals surface area contributed by atoms with Gasteiger partial charge in [0.25, 0.3) is 5.91 Å². The van der Waals surface area contributed by atoms with E-state index in [-0.39, 0.29) is 11.2 Å². The van der Waals surface area contributed by atoms with Crippen molar-refractivity contribution in [2.24, 2.45) is 5.92 Å². The van der Waals surface area contributed by atoms with Crippen LogP contribution in [0.15, 0.2) is 18.2 Å². The predicted molar refractivity (Wildman–Crippen MR) is 131 cm³/mol. The van der Waals surface area contributed by atoms with E-state index >= 15 is 0 Å². The van der Waals surface area contributed by atoms with Gasteiger partial charge in [0.15, 0.2) is 0 Å². The highest BCUT2D eigenvalue weighted by molar-refractivity contribution is 7.84. The van der Waals surface area contributed by atoms with Crippen LogP contribution in [0.4, 0.5) is 0 Å². The molecule has 0 bridgehead atoms. The highest BCUT2D eigenvalue weighted by Crippen LogP contribution is 2.37. The molecule has 7 heteroatoms. The maximum absolute atomic E-state index is 13.4. The molecule has 178 valence electrons. The standard InChI is InChI=1S/C26H35N3O3S/c1-18-6-11-27(12-7-18)26(30)19-2-5-24-22(16-19)23-17-28(20-9-14-32-15-10-20)13-8-25(23)29(24)33(31)21-3-4-21/h2,5,16,18,20-21H,3-4,6-15,17H2,1H3. The molecule has 0 N–H and O–H groups in total. The molecule has 1 aromatic heterocycles. The Labute approximate surface area is 198 Å². The van der Waals surface area contributed by atoms with Gasteiger partial charge in [0.05, 0.1) is 10.8 Å². The molecule has 4 heterocycles. The van der Waals surface area contributed by atoms with E-state index in [1.165, 1.54) is 11.3 Å². The Bertz CT molecular complexity index is 1080. The molecule has 0 radical (unpaired) electrons. The van der Waals surface area contributed by atoms with E-state index in [1.54, 1.807) is 0 Å². The number of amides is 1. The molecule has 1 atom stereocenters. The van der Waals surface area contributed by atoms with Crippen molar-refractivity contribution in [3.05, 3.63) is 35.0 Å². The Morgan fingerprint density at radius 3 is 2.52 bits per heavy atom. The minimum atomic E-state index is -1.02. The molecular formula is C26H35N3O3S. The molecule has 6 nitrogen and oxygen atoms in total. The Kier molecular flexibility index (Phi) is 5.83. The summed E-state index contributed by atoms with van der Waals surface area (Å²) in [7, 11) is -1.02. The van der Waals surface area contributed by atoms with Crippen molar-refractivity contribution in [3.8, 4) is 0 Å². The summed E-state index contributed by atoms with van der Waals surface area (Å²) >= 11 is 0. The molecule has 2 aromatic rings. The van der Waals surface area contributed by atoms with Gasteiger partial charge in [0, 0.05) is 68.5 Å². The topological polar surface area (TPSA) is 54.8 Å². The lowest BCUT2D eigenvalue weighted by atomic mass is 9.97. The second-order valence-electron chi connectivity index (χ2n) is 10.5. The Balaban J connectivity index is 1.37. The van der Waals surface area contributed by atoms with Crippen molar-refractivity contribution in [2.75, 3.05) is 32.8 Å². The van der Waals surface area contributed by atoms with Crippen molar-refractivity contribution in [1.29, 1.82) is 0 Å². The van der Waals surface area contributed by atoms with Crippen LogP contribution in [0.3, 0.4) is 0 Å². The molecule has 3 fully saturated rings. The van der Waals surface area contributed by atoms with Gasteiger partial charge in [-0.15, -0.1) is 0 Å². The Morgan fingerprint density at radius 1 is 1.03 bits per heavy atom. The summed E-state index contributed by atoms with van der Waals surface area (Å²) in [6.07, 6.45) is 7.37. The monoisotopic (exact) mass is 469 g/mol. The fraction of sp³-hybridized carbons (Fsp3) is 0.654. The Morgan fingerprint density at radius 2 is 1.79 bits per heavy atom. The van der Waals surface area contributed by atoms with Gasteiger partial charge in [-0.05, 0) is 68.2 Å². The van der Waals surface area contributed by atoms with Gasteiger partial charge >= 0.3 is 0 Å². The number of carbonyl (C=O) groups excluding carboxylic acids is 1. The number of benzene rings is 1. The van der Waals surface area contributed by atoms with Gasteiger partial charge in [-0.1, -0.05) is 6.92 Å². The summed E-state index contributed by atoms with van der Waals surface area (Å²) in [4.78, 5) is 17.9. The highest BCUT2D eigenvalue weighted by atomic mass is 32.2. The van der Waals surface area contributed by atoms with Gasteiger partial charge in [0.1, 0.15) is 11.0 Å². The van der Waals surface area contributed by atoms with E-state index in [4.69, 9.17) is 4.74 Å². The van der Waals surface area contributed by atoms with Crippen LogP contribution in [0.25, 0.3) is 10.9 Å². The van der Waals surface area contributed by atoms with Crippen LogP contribution in [0.5, 0.6) is 0 Å². The lowest BCUT2D eigenvalue weighted by molar-refractivity contribution is 0.0291. The maximum atomic E-state index is 13.4. The maximum Gasteiger partial charge on any atom is 0.253 e. The first kappa shape index (κ1) is 21.8. The van der Waals surface area contributed by atoms with Crippen LogP contribution in [0.2, 0.25) is 0 Å². The molecule has 1 aliphatic carbocycles. The zero-order valence-corrected chi connectivity index (χ0v) is 20.4. The average molecular weight is 470 g/mol. The first-order valence-electron chi connectivity index (χ1n) is 12.8. The number of aromatic nitrogens is 1. The van der Waals surface area contributed by atoms with Crippen molar-refractivity contribution >= 4 is 27.8 Å². The fourth-order valence-electron chi connectivity index (χ4n) is 5.85. The van der Waals surface area contributed by atoms with E-state index in [9.17, 15) is 9.00 Å². The van der Waals surface area contributed by atoms with Crippen molar-refractivity contribution < 1.29 is 13.7 Å². The summed E-state index contributed by atoms with van der Waals surface area (Å²) < 4.78 is 21.1. The molecule has 0 spiro atoms. The third kappa shape index (κ3) is 4.06. The second kappa shape index (κ2) is 8.82. The molecule has 6 rings (SSSR count). The number of fused-ring (bicyclic) bond motifs is 3. The van der Waals surface area contributed by atoms with E-state index in [0.717, 1.165) is 101 Å². The first-order chi connectivity index (χ1) is 16.1. The normalized spacial score (nSPS) is 24.2. The molecule has 1 saturated carbocycles. The summed E-state index contributed by atoms with van der Waals surface area (Å²) in [5.41, 5.74) is 4.34. The molecule has 3 aliphatic heterocycles. The summed E-state index contributed by atoms with van der Waals surface area (Å²) in [5.74, 6) is 0.844.